The van der Waals surface area contributed by atoms with Crippen molar-refractivity contribution in [3.63, 3.8) is 0 Å². The number of aldehydes is 1. The quantitative estimate of drug-likeness (QED) is 0.402. The van der Waals surface area contributed by atoms with Crippen LogP contribution in [0.2, 0.25) is 0 Å². The van der Waals surface area contributed by atoms with Crippen molar-refractivity contribution in [1.82, 2.24) is 0 Å². The summed E-state index contributed by atoms with van der Waals surface area (Å²) in [4.78, 5) is 10.8. The second-order valence-corrected chi connectivity index (χ2v) is 2.54. The van der Waals surface area contributed by atoms with Gasteiger partial charge in [0.1, 0.15) is 6.29 Å². The molecule has 1 nitrogen and oxygen atoms in total. The van der Waals surface area contributed by atoms with Gasteiger partial charge in [-0.05, 0) is 11.6 Å². The molecule has 0 radical (unpaired) electrons. The molecule has 0 heterocycles. The summed E-state index contributed by atoms with van der Waals surface area (Å²) < 4.78 is 0. The Morgan fingerprint density at radius 1 is 1.27 bits per heavy atom. The summed E-state index contributed by atoms with van der Waals surface area (Å²) in [7, 11) is 0. The van der Waals surface area contributed by atoms with Gasteiger partial charge in [0.15, 0.2) is 0 Å². The number of thiol groups is 1. The van der Waals surface area contributed by atoms with Crippen LogP contribution >= 0.6 is 12.6 Å². The topological polar surface area (TPSA) is 17.1 Å². The lowest BCUT2D eigenvalue weighted by Gasteiger charge is -1.95. The van der Waals surface area contributed by atoms with Crippen LogP contribution in [0.3, 0.4) is 0 Å². The zero-order valence-electron chi connectivity index (χ0n) is 5.90. The van der Waals surface area contributed by atoms with Gasteiger partial charge < -0.3 is 0 Å². The number of carbonyl (C=O) groups is 1. The lowest BCUT2D eigenvalue weighted by Crippen LogP contribution is -1.75. The van der Waals surface area contributed by atoms with Gasteiger partial charge in [-0.3, -0.25) is 4.79 Å². The lowest BCUT2D eigenvalue weighted by atomic mass is 10.2. The molecule has 0 aromatic heterocycles. The maximum Gasteiger partial charge on any atom is 0.143 e. The third-order valence-electron chi connectivity index (χ3n) is 1.30. The summed E-state index contributed by atoms with van der Waals surface area (Å²) in [6.07, 6.45) is 2.16. The average molecular weight is 164 g/mol. The molecule has 0 spiro atoms. The minimum Gasteiger partial charge on any atom is -0.299 e. The zero-order chi connectivity index (χ0) is 8.10. The van der Waals surface area contributed by atoms with Gasteiger partial charge in [-0.1, -0.05) is 30.3 Å². The summed E-state index contributed by atoms with van der Waals surface area (Å²) in [5, 5.41) is 0. The van der Waals surface area contributed by atoms with Crippen molar-refractivity contribution in [2.75, 3.05) is 0 Å². The Labute approximate surface area is 71.2 Å². The van der Waals surface area contributed by atoms with Gasteiger partial charge in [-0.2, -0.15) is 0 Å². The molecule has 0 aliphatic heterocycles. The monoisotopic (exact) mass is 164 g/mol. The van der Waals surface area contributed by atoms with Crippen LogP contribution in [0.1, 0.15) is 5.56 Å². The van der Waals surface area contributed by atoms with Crippen molar-refractivity contribution in [3.8, 4) is 0 Å². The Morgan fingerprint density at radius 3 is 2.45 bits per heavy atom. The number of allylic oxidation sites excluding steroid dienone is 1. The molecule has 0 amide bonds. The number of hydrogen-bond acceptors (Lipinski definition) is 2. The molecule has 0 fully saturated rings. The summed E-state index contributed by atoms with van der Waals surface area (Å²) in [6, 6.07) is 9.55. The highest BCUT2D eigenvalue weighted by molar-refractivity contribution is 7.90. The van der Waals surface area contributed by atoms with E-state index in [0.717, 1.165) is 11.8 Å². The molecule has 0 saturated heterocycles. The Kier molecular flexibility index (Phi) is 2.93. The molecule has 0 unspecified atom stereocenters. The first-order valence-electron chi connectivity index (χ1n) is 3.24. The van der Waals surface area contributed by atoms with E-state index in [1.165, 1.54) is 6.08 Å². The number of carbonyl (C=O) groups excluding carboxylic acids is 1. The van der Waals surface area contributed by atoms with Crippen molar-refractivity contribution in [2.24, 2.45) is 0 Å². The van der Waals surface area contributed by atoms with Crippen LogP contribution in [0.4, 0.5) is 0 Å². The van der Waals surface area contributed by atoms with Gasteiger partial charge in [0.25, 0.3) is 0 Å². The highest BCUT2D eigenvalue weighted by atomic mass is 32.1. The maximum atomic E-state index is 10.1. The van der Waals surface area contributed by atoms with Crippen molar-refractivity contribution >= 4 is 23.8 Å². The molecule has 0 aliphatic rings. The number of benzene rings is 1. The van der Waals surface area contributed by atoms with Crippen LogP contribution in [-0.2, 0) is 4.79 Å². The third-order valence-corrected chi connectivity index (χ3v) is 1.70. The predicted octanol–water partition coefficient (Wildman–Crippen LogP) is 2.16. The van der Waals surface area contributed by atoms with Crippen molar-refractivity contribution in [1.29, 1.82) is 0 Å². The summed E-state index contributed by atoms with van der Waals surface area (Å²) in [5.41, 5.74) is 0.961. The standard InChI is InChI=1S/C9H8OS/c10-7-6-9(11)8-4-2-1-3-5-8/h1-7,11H/b9-6-. The molecule has 2 heteroatoms. The molecule has 56 valence electrons. The van der Waals surface area contributed by atoms with Gasteiger partial charge in [0.2, 0.25) is 0 Å². The molecule has 0 N–H and O–H groups in total. The van der Waals surface area contributed by atoms with E-state index in [9.17, 15) is 4.79 Å². The summed E-state index contributed by atoms with van der Waals surface area (Å²) in [6.45, 7) is 0. The molecule has 1 rings (SSSR count). The normalized spacial score (nSPS) is 11.2. The minimum absolute atomic E-state index is 0.695. The zero-order valence-corrected chi connectivity index (χ0v) is 6.79. The number of rotatable bonds is 2. The predicted molar refractivity (Wildman–Crippen MR) is 49.5 cm³/mol. The fraction of sp³-hybridized carbons (Fsp3) is 0. The first-order valence-corrected chi connectivity index (χ1v) is 3.69. The molecular weight excluding hydrogens is 156 g/mol. The fourth-order valence-corrected chi connectivity index (χ4v) is 0.980. The fourth-order valence-electron chi connectivity index (χ4n) is 0.770. The highest BCUT2D eigenvalue weighted by Crippen LogP contribution is 2.15. The van der Waals surface area contributed by atoms with Crippen molar-refractivity contribution in [2.45, 2.75) is 0 Å². The largest absolute Gasteiger partial charge is 0.299 e. The van der Waals surface area contributed by atoms with E-state index in [2.05, 4.69) is 12.6 Å². The smallest absolute Gasteiger partial charge is 0.143 e. The first-order chi connectivity index (χ1) is 5.34. The summed E-state index contributed by atoms with van der Waals surface area (Å²) in [5.74, 6) is 0. The Hall–Kier alpha value is -1.02. The Balaban J connectivity index is 2.94. The molecule has 1 aromatic rings. The van der Waals surface area contributed by atoms with E-state index in [4.69, 9.17) is 0 Å². The molecule has 1 aromatic carbocycles. The Morgan fingerprint density at radius 2 is 1.91 bits per heavy atom. The number of hydrogen-bond donors (Lipinski definition) is 1. The second kappa shape index (κ2) is 3.98. The average Bonchev–Trinajstić information content (AvgIpc) is 2.07. The van der Waals surface area contributed by atoms with E-state index >= 15 is 0 Å². The second-order valence-electron chi connectivity index (χ2n) is 2.05. The van der Waals surface area contributed by atoms with Gasteiger partial charge in [0.05, 0.1) is 0 Å². The molecular formula is C9H8OS. The van der Waals surface area contributed by atoms with E-state index in [1.807, 2.05) is 30.3 Å². The van der Waals surface area contributed by atoms with E-state index < -0.39 is 0 Å². The molecule has 0 saturated carbocycles. The van der Waals surface area contributed by atoms with E-state index in [-0.39, 0.29) is 0 Å². The van der Waals surface area contributed by atoms with Crippen LogP contribution in [0, 0.1) is 0 Å². The molecule has 0 atom stereocenters. The van der Waals surface area contributed by atoms with Gasteiger partial charge in [0, 0.05) is 4.91 Å². The van der Waals surface area contributed by atoms with Crippen LogP contribution in [0.25, 0.3) is 4.91 Å². The van der Waals surface area contributed by atoms with Gasteiger partial charge in [-0.15, -0.1) is 12.6 Å². The van der Waals surface area contributed by atoms with Crippen LogP contribution in [0.5, 0.6) is 0 Å². The summed E-state index contributed by atoms with van der Waals surface area (Å²) >= 11 is 4.13. The van der Waals surface area contributed by atoms with Crippen LogP contribution < -0.4 is 0 Å². The first kappa shape index (κ1) is 8.08. The maximum absolute atomic E-state index is 10.1. The van der Waals surface area contributed by atoms with Crippen molar-refractivity contribution in [3.05, 3.63) is 42.0 Å². The van der Waals surface area contributed by atoms with E-state index in [0.29, 0.717) is 4.91 Å². The molecule has 11 heavy (non-hydrogen) atoms. The SMILES string of the molecule is O=C/C=C(\S)c1ccccc1. The minimum atomic E-state index is 0.695. The van der Waals surface area contributed by atoms with Crippen LogP contribution in [0.15, 0.2) is 36.4 Å². The van der Waals surface area contributed by atoms with Crippen LogP contribution in [-0.4, -0.2) is 6.29 Å². The van der Waals surface area contributed by atoms with Gasteiger partial charge in [-0.25, -0.2) is 0 Å². The van der Waals surface area contributed by atoms with Gasteiger partial charge >= 0.3 is 0 Å². The molecule has 0 aliphatic carbocycles. The lowest BCUT2D eigenvalue weighted by molar-refractivity contribution is -0.104. The van der Waals surface area contributed by atoms with Crippen molar-refractivity contribution < 1.29 is 4.79 Å². The third kappa shape index (κ3) is 2.24. The van der Waals surface area contributed by atoms with E-state index in [1.54, 1.807) is 0 Å². The Bertz CT molecular complexity index is 264. The highest BCUT2D eigenvalue weighted by Gasteiger charge is 1.91. The molecule has 0 bridgehead atoms.